The zero-order valence-corrected chi connectivity index (χ0v) is 18.1. The molecule has 1 aromatic carbocycles. The lowest BCUT2D eigenvalue weighted by Crippen LogP contribution is -2.54. The fourth-order valence-corrected chi connectivity index (χ4v) is 4.20. The first kappa shape index (κ1) is 25.7. The second kappa shape index (κ2) is 9.20. The fraction of sp³-hybridized carbons (Fsp3) is 0.611. The molecule has 0 aliphatic carbocycles. The molecule has 1 aliphatic heterocycles. The minimum absolute atomic E-state index is 0. The van der Waals surface area contributed by atoms with E-state index in [1.165, 1.54) is 0 Å². The van der Waals surface area contributed by atoms with E-state index in [0.29, 0.717) is 25.9 Å². The Morgan fingerprint density at radius 2 is 1.62 bits per heavy atom. The van der Waals surface area contributed by atoms with E-state index in [2.05, 4.69) is 4.72 Å². The zero-order chi connectivity index (χ0) is 21.3. The lowest BCUT2D eigenvalue weighted by Gasteiger charge is -2.36. The number of carbonyl (C=O) groups is 1. The van der Waals surface area contributed by atoms with Crippen LogP contribution < -0.4 is 10.5 Å². The summed E-state index contributed by atoms with van der Waals surface area (Å²) in [5, 5.41) is 0. The number of sulfonamides is 1. The van der Waals surface area contributed by atoms with Crippen LogP contribution in [0.4, 0.5) is 13.2 Å². The number of rotatable bonds is 4. The van der Waals surface area contributed by atoms with Gasteiger partial charge < -0.3 is 10.6 Å². The number of amides is 1. The van der Waals surface area contributed by atoms with Gasteiger partial charge in [-0.1, -0.05) is 20.8 Å². The number of benzene rings is 1. The van der Waals surface area contributed by atoms with Crippen molar-refractivity contribution in [2.45, 2.75) is 56.8 Å². The van der Waals surface area contributed by atoms with Gasteiger partial charge in [0.2, 0.25) is 15.9 Å². The maximum Gasteiger partial charge on any atom is 0.416 e. The Labute approximate surface area is 175 Å². The summed E-state index contributed by atoms with van der Waals surface area (Å²) in [7, 11) is -3.94. The van der Waals surface area contributed by atoms with Crippen molar-refractivity contribution in [3.63, 3.8) is 0 Å². The standard InChI is InChI=1S/C18H26F3N3O3S.ClH/c1-17(2,3)15(22)16(25)24-10-8-13(9-11-24)23-28(26,27)14-6-4-12(5-7-14)18(19,20)21;/h4-7,13,15,23H,8-11,22H2,1-3H3;1H. The first-order valence-electron chi connectivity index (χ1n) is 8.96. The van der Waals surface area contributed by atoms with Crippen LogP contribution >= 0.6 is 12.4 Å². The average Bonchev–Trinajstić information content (AvgIpc) is 2.59. The minimum Gasteiger partial charge on any atom is -0.341 e. The van der Waals surface area contributed by atoms with Gasteiger partial charge in [-0.05, 0) is 42.5 Å². The highest BCUT2D eigenvalue weighted by Gasteiger charge is 2.34. The third-order valence-corrected chi connectivity index (χ3v) is 6.36. The lowest BCUT2D eigenvalue weighted by molar-refractivity contribution is -0.138. The fourth-order valence-electron chi connectivity index (χ4n) is 2.90. The van der Waals surface area contributed by atoms with Gasteiger partial charge in [-0.25, -0.2) is 13.1 Å². The molecule has 1 amide bonds. The molecule has 29 heavy (non-hydrogen) atoms. The number of nitrogens with one attached hydrogen (secondary N) is 1. The van der Waals surface area contributed by atoms with Crippen LogP contribution in [0.3, 0.4) is 0 Å². The van der Waals surface area contributed by atoms with Crippen molar-refractivity contribution >= 4 is 28.3 Å². The number of piperidine rings is 1. The van der Waals surface area contributed by atoms with E-state index in [1.807, 2.05) is 20.8 Å². The Balaban J connectivity index is 0.00000420. The summed E-state index contributed by atoms with van der Waals surface area (Å²) in [6, 6.07) is 2.31. The van der Waals surface area contributed by atoms with Gasteiger partial charge >= 0.3 is 6.18 Å². The number of halogens is 4. The third-order valence-electron chi connectivity index (χ3n) is 4.82. The second-order valence-electron chi connectivity index (χ2n) is 8.09. The Kier molecular flexibility index (Phi) is 8.14. The molecule has 0 aromatic heterocycles. The Morgan fingerprint density at radius 3 is 2.03 bits per heavy atom. The summed E-state index contributed by atoms with van der Waals surface area (Å²) in [4.78, 5) is 13.8. The van der Waals surface area contributed by atoms with Crippen LogP contribution in [0.25, 0.3) is 0 Å². The predicted molar refractivity (Wildman–Crippen MR) is 106 cm³/mol. The SMILES string of the molecule is CC(C)(C)C(N)C(=O)N1CCC(NS(=O)(=O)c2ccc(C(F)(F)F)cc2)CC1.Cl. The number of hydrogen-bond acceptors (Lipinski definition) is 4. The second-order valence-corrected chi connectivity index (χ2v) is 9.80. The summed E-state index contributed by atoms with van der Waals surface area (Å²) in [5.41, 5.74) is 4.71. The number of likely N-dealkylation sites (tertiary alicyclic amines) is 1. The summed E-state index contributed by atoms with van der Waals surface area (Å²) in [6.45, 7) is 6.35. The van der Waals surface area contributed by atoms with Crippen molar-refractivity contribution in [3.8, 4) is 0 Å². The van der Waals surface area contributed by atoms with Crippen LogP contribution in [0.1, 0.15) is 39.2 Å². The topological polar surface area (TPSA) is 92.5 Å². The summed E-state index contributed by atoms with van der Waals surface area (Å²) in [5.74, 6) is -0.170. The molecule has 0 saturated carbocycles. The number of nitrogens with zero attached hydrogens (tertiary/aromatic N) is 1. The maximum absolute atomic E-state index is 12.6. The molecule has 0 bridgehead atoms. The largest absolute Gasteiger partial charge is 0.416 e. The van der Waals surface area contributed by atoms with Crippen molar-refractivity contribution < 1.29 is 26.4 Å². The smallest absolute Gasteiger partial charge is 0.341 e. The van der Waals surface area contributed by atoms with Crippen LogP contribution in [0.15, 0.2) is 29.2 Å². The van der Waals surface area contributed by atoms with E-state index in [4.69, 9.17) is 5.73 Å². The van der Waals surface area contributed by atoms with Gasteiger partial charge in [-0.3, -0.25) is 4.79 Å². The van der Waals surface area contributed by atoms with Gasteiger partial charge in [0.25, 0.3) is 0 Å². The highest BCUT2D eigenvalue weighted by atomic mass is 35.5. The zero-order valence-electron chi connectivity index (χ0n) is 16.5. The quantitative estimate of drug-likeness (QED) is 0.727. The molecule has 1 atom stereocenters. The molecule has 3 N–H and O–H groups in total. The van der Waals surface area contributed by atoms with Crippen molar-refractivity contribution in [1.29, 1.82) is 0 Å². The predicted octanol–water partition coefficient (Wildman–Crippen LogP) is 2.77. The number of hydrogen-bond donors (Lipinski definition) is 2. The van der Waals surface area contributed by atoms with Crippen LogP contribution in [0.2, 0.25) is 0 Å². The first-order chi connectivity index (χ1) is 12.7. The molecule has 1 saturated heterocycles. The molecule has 1 aromatic rings. The molecule has 0 spiro atoms. The average molecular weight is 458 g/mol. The molecule has 6 nitrogen and oxygen atoms in total. The van der Waals surface area contributed by atoms with Gasteiger partial charge in [0.15, 0.2) is 0 Å². The molecule has 11 heteroatoms. The molecule has 166 valence electrons. The van der Waals surface area contributed by atoms with E-state index in [-0.39, 0.29) is 28.6 Å². The molecule has 2 rings (SSSR count). The number of carbonyl (C=O) groups excluding carboxylic acids is 1. The van der Waals surface area contributed by atoms with Gasteiger partial charge in [-0.2, -0.15) is 13.2 Å². The Hall–Kier alpha value is -1.36. The Bertz CT molecular complexity index is 800. The van der Waals surface area contributed by atoms with E-state index < -0.39 is 33.8 Å². The van der Waals surface area contributed by atoms with E-state index >= 15 is 0 Å². The van der Waals surface area contributed by atoms with Crippen LogP contribution in [-0.2, 0) is 21.0 Å². The molecule has 1 heterocycles. The lowest BCUT2D eigenvalue weighted by atomic mass is 9.86. The van der Waals surface area contributed by atoms with Gasteiger partial charge in [-0.15, -0.1) is 12.4 Å². The van der Waals surface area contributed by atoms with Crippen molar-refractivity contribution in [3.05, 3.63) is 29.8 Å². The van der Waals surface area contributed by atoms with Crippen LogP contribution in [0, 0.1) is 5.41 Å². The highest BCUT2D eigenvalue weighted by Crippen LogP contribution is 2.30. The molecular weight excluding hydrogens is 431 g/mol. The van der Waals surface area contributed by atoms with Gasteiger partial charge in [0, 0.05) is 19.1 Å². The Morgan fingerprint density at radius 1 is 1.14 bits per heavy atom. The normalized spacial score (nSPS) is 17.6. The minimum atomic E-state index is -4.52. The van der Waals surface area contributed by atoms with E-state index in [9.17, 15) is 26.4 Å². The third kappa shape index (κ3) is 6.56. The van der Waals surface area contributed by atoms with E-state index in [1.54, 1.807) is 4.90 Å². The van der Waals surface area contributed by atoms with Crippen LogP contribution in [-0.4, -0.2) is 44.4 Å². The summed E-state index contributed by atoms with van der Waals surface area (Å²) in [6.07, 6.45) is -3.71. The highest BCUT2D eigenvalue weighted by molar-refractivity contribution is 7.89. The van der Waals surface area contributed by atoms with Crippen LogP contribution in [0.5, 0.6) is 0 Å². The molecular formula is C18H27ClF3N3O3S. The summed E-state index contributed by atoms with van der Waals surface area (Å²) < 4.78 is 65.2. The van der Waals surface area contributed by atoms with E-state index in [0.717, 1.165) is 24.3 Å². The molecule has 0 radical (unpaired) electrons. The molecule has 1 aliphatic rings. The summed E-state index contributed by atoms with van der Waals surface area (Å²) >= 11 is 0. The number of alkyl halides is 3. The molecule has 1 unspecified atom stereocenters. The van der Waals surface area contributed by atoms with Crippen molar-refractivity contribution in [2.75, 3.05) is 13.1 Å². The monoisotopic (exact) mass is 457 g/mol. The number of nitrogens with two attached hydrogens (primary N) is 1. The van der Waals surface area contributed by atoms with Gasteiger partial charge in [0.05, 0.1) is 16.5 Å². The molecule has 1 fully saturated rings. The first-order valence-corrected chi connectivity index (χ1v) is 10.4. The van der Waals surface area contributed by atoms with Gasteiger partial charge in [0.1, 0.15) is 0 Å². The van der Waals surface area contributed by atoms with Crippen molar-refractivity contribution in [2.24, 2.45) is 11.1 Å². The maximum atomic E-state index is 12.6. The van der Waals surface area contributed by atoms with Crippen molar-refractivity contribution in [1.82, 2.24) is 9.62 Å².